The molecule has 0 N–H and O–H groups in total. The van der Waals surface area contributed by atoms with E-state index < -0.39 is 23.1 Å². The fourth-order valence-electron chi connectivity index (χ4n) is 5.99. The fraction of sp³-hybridized carbons (Fsp3) is 0.421. The van der Waals surface area contributed by atoms with Crippen molar-refractivity contribution in [1.82, 2.24) is 19.1 Å². The third kappa shape index (κ3) is 8.26. The molecule has 2 fully saturated rings. The quantitative estimate of drug-likeness (QED) is 0.187. The number of ether oxygens (including phenoxy) is 4. The molecule has 0 spiro atoms. The van der Waals surface area contributed by atoms with E-state index in [-0.39, 0.29) is 37.7 Å². The van der Waals surface area contributed by atoms with Gasteiger partial charge in [0.1, 0.15) is 11.4 Å². The summed E-state index contributed by atoms with van der Waals surface area (Å²) < 4.78 is 25.3. The number of hydrogen-bond acceptors (Lipinski definition) is 10. The van der Waals surface area contributed by atoms with Crippen LogP contribution in [-0.2, 0) is 28.5 Å². The van der Waals surface area contributed by atoms with Gasteiger partial charge in [0, 0.05) is 19.3 Å². The molecule has 0 saturated carbocycles. The molecule has 50 heavy (non-hydrogen) atoms. The third-order valence-corrected chi connectivity index (χ3v) is 9.29. The molecular weight excluding hydrogens is 640 g/mol. The summed E-state index contributed by atoms with van der Waals surface area (Å²) in [5.41, 5.74) is 0.488. The summed E-state index contributed by atoms with van der Waals surface area (Å²) in [7, 11) is 0. The van der Waals surface area contributed by atoms with Crippen LogP contribution in [0.1, 0.15) is 98.6 Å². The highest BCUT2D eigenvalue weighted by Gasteiger charge is 2.44. The van der Waals surface area contributed by atoms with Crippen molar-refractivity contribution >= 4 is 23.5 Å². The summed E-state index contributed by atoms with van der Waals surface area (Å²) in [6, 6.07) is 19.5. The number of carbonyl (C=O) groups is 4. The maximum Gasteiger partial charge on any atom is 0.357 e. The van der Waals surface area contributed by atoms with Gasteiger partial charge in [-0.05, 0) is 38.8 Å². The first-order valence-corrected chi connectivity index (χ1v) is 16.3. The van der Waals surface area contributed by atoms with Gasteiger partial charge in [-0.2, -0.15) is 0 Å². The number of nitrogens with zero attached hydrogens (tertiary/aromatic N) is 4. The van der Waals surface area contributed by atoms with Crippen LogP contribution in [-0.4, -0.2) is 80.2 Å². The molecule has 0 amide bonds. The van der Waals surface area contributed by atoms with E-state index in [0.717, 1.165) is 11.1 Å². The minimum atomic E-state index is -1.18. The molecule has 0 radical (unpaired) electrons. The number of carbonyl (C=O) groups excluding carboxylic acids is 4. The Morgan fingerprint density at radius 3 is 1.46 bits per heavy atom. The van der Waals surface area contributed by atoms with Gasteiger partial charge in [-0.25, -0.2) is 19.6 Å². The lowest BCUT2D eigenvalue weighted by Crippen LogP contribution is -2.47. The average molecular weight is 687 g/mol. The van der Waals surface area contributed by atoms with E-state index in [2.05, 4.69) is 9.97 Å². The second kappa shape index (κ2) is 16.6. The predicted molar refractivity (Wildman–Crippen MR) is 185 cm³/mol. The summed E-state index contributed by atoms with van der Waals surface area (Å²) in [6.07, 6.45) is 7.31. The van der Waals surface area contributed by atoms with Gasteiger partial charge >= 0.3 is 11.9 Å². The Kier molecular flexibility index (Phi) is 12.6. The van der Waals surface area contributed by atoms with Crippen LogP contribution >= 0.6 is 0 Å². The number of imidazole rings is 2. The molecule has 4 aromatic rings. The van der Waals surface area contributed by atoms with Gasteiger partial charge < -0.3 is 28.1 Å². The van der Waals surface area contributed by atoms with Gasteiger partial charge in [0.15, 0.2) is 22.8 Å². The van der Waals surface area contributed by atoms with E-state index in [9.17, 15) is 19.2 Å². The number of hydrogen-bond donors (Lipinski definition) is 0. The highest BCUT2D eigenvalue weighted by Crippen LogP contribution is 2.29. The molecule has 2 aliphatic heterocycles. The van der Waals surface area contributed by atoms with Gasteiger partial charge in [-0.15, -0.1) is 0 Å². The molecule has 1 unspecified atom stereocenters. The monoisotopic (exact) mass is 686 g/mol. The molecule has 2 aromatic heterocycles. The van der Waals surface area contributed by atoms with Gasteiger partial charge in [0.05, 0.1) is 63.6 Å². The molecule has 0 bridgehead atoms. The second-order valence-electron chi connectivity index (χ2n) is 12.3. The van der Waals surface area contributed by atoms with Gasteiger partial charge in [0.2, 0.25) is 0 Å². The lowest BCUT2D eigenvalue weighted by Gasteiger charge is -2.34. The summed E-state index contributed by atoms with van der Waals surface area (Å²) in [5, 5.41) is 0. The van der Waals surface area contributed by atoms with Crippen LogP contribution in [0.3, 0.4) is 0 Å². The van der Waals surface area contributed by atoms with E-state index in [1.807, 2.05) is 74.5 Å². The van der Waals surface area contributed by atoms with Gasteiger partial charge in [-0.1, -0.05) is 68.1 Å². The molecule has 2 aliphatic rings. The lowest BCUT2D eigenvalue weighted by molar-refractivity contribution is -0.146. The van der Waals surface area contributed by atoms with Crippen molar-refractivity contribution in [2.75, 3.05) is 26.4 Å². The first-order chi connectivity index (χ1) is 23.6. The molecular formula is C38H46N4O8. The van der Waals surface area contributed by atoms with Crippen LogP contribution in [0, 0.1) is 0 Å². The summed E-state index contributed by atoms with van der Waals surface area (Å²) in [6.45, 7) is 8.19. The zero-order valence-electron chi connectivity index (χ0n) is 28.2. The Morgan fingerprint density at radius 2 is 1.06 bits per heavy atom. The molecule has 6 rings (SSSR count). The van der Waals surface area contributed by atoms with Crippen molar-refractivity contribution in [2.45, 2.75) is 77.7 Å². The number of aromatic nitrogens is 4. The first-order valence-electron chi connectivity index (χ1n) is 16.3. The Hall–Kier alpha value is -4.94. The number of esters is 2. The van der Waals surface area contributed by atoms with Crippen LogP contribution in [0.2, 0.25) is 0 Å². The minimum absolute atomic E-state index is 0. The number of rotatable bonds is 10. The molecule has 12 heteroatoms. The van der Waals surface area contributed by atoms with Crippen LogP contribution in [0.5, 0.6) is 0 Å². The molecule has 12 nitrogen and oxygen atoms in total. The zero-order chi connectivity index (χ0) is 35.0. The maximum atomic E-state index is 12.8. The van der Waals surface area contributed by atoms with Crippen LogP contribution in [0.15, 0.2) is 85.7 Å². The Bertz CT molecular complexity index is 1740. The summed E-state index contributed by atoms with van der Waals surface area (Å²) in [5.74, 6) is -1.43. The van der Waals surface area contributed by atoms with E-state index in [4.69, 9.17) is 18.9 Å². The average Bonchev–Trinajstić information content (AvgIpc) is 3.91. The fourth-order valence-corrected chi connectivity index (χ4v) is 5.99. The first kappa shape index (κ1) is 37.9. The Balaban J connectivity index is 0.000000220. The highest BCUT2D eigenvalue weighted by atomic mass is 16.6. The van der Waals surface area contributed by atoms with Crippen molar-refractivity contribution in [2.24, 2.45) is 0 Å². The molecule has 2 saturated heterocycles. The Labute approximate surface area is 292 Å². The summed E-state index contributed by atoms with van der Waals surface area (Å²) >= 11 is 0. The lowest BCUT2D eigenvalue weighted by atomic mass is 9.90. The van der Waals surface area contributed by atoms with Crippen LogP contribution in [0.25, 0.3) is 0 Å². The number of ketones is 2. The van der Waals surface area contributed by atoms with E-state index in [1.54, 1.807) is 21.8 Å². The van der Waals surface area contributed by atoms with Crippen molar-refractivity contribution in [3.05, 3.63) is 108 Å². The molecule has 4 heterocycles. The summed E-state index contributed by atoms with van der Waals surface area (Å²) in [4.78, 5) is 57.6. The normalized spacial score (nSPS) is 19.1. The smallest absolute Gasteiger partial charge is 0.357 e. The van der Waals surface area contributed by atoms with Gasteiger partial charge in [-0.3, -0.25) is 9.59 Å². The third-order valence-electron chi connectivity index (χ3n) is 9.29. The Morgan fingerprint density at radius 1 is 0.660 bits per heavy atom. The molecule has 3 atom stereocenters. The topological polar surface area (TPSA) is 141 Å². The van der Waals surface area contributed by atoms with Crippen molar-refractivity contribution < 1.29 is 38.1 Å². The van der Waals surface area contributed by atoms with Crippen molar-refractivity contribution in [1.29, 1.82) is 0 Å². The predicted octanol–water partition coefficient (Wildman–Crippen LogP) is 5.82. The number of Topliss-reactive ketones (excluding diaryl/α,β-unsaturated/α-hetero) is 2. The number of benzene rings is 2. The van der Waals surface area contributed by atoms with E-state index >= 15 is 0 Å². The molecule has 2 aromatic carbocycles. The SMILES string of the molecule is C.CC(=O)C1(OC(=O)c2cncn2[C@H](C)c2ccccc2)CCOC1.CC(=O)C1(OC(=O)c2cncn2[C@H](C)c2ccccc2)CCOCC1. The highest BCUT2D eigenvalue weighted by molar-refractivity contribution is 5.94. The molecule has 266 valence electrons. The largest absolute Gasteiger partial charge is 0.446 e. The maximum absolute atomic E-state index is 12.8. The standard InChI is InChI=1S/C19H22N2O4.C18H20N2O4.CH4/c1-14(16-6-4-3-5-7-16)21-13-20-12-17(21)18(23)25-19(15(2)22)8-10-24-11-9-19;1-13(15-6-4-3-5-7-15)20-12-19-10-16(20)17(22)24-18(14(2)21)8-9-23-11-18;/h3-7,12-14H,8-11H2,1-2H3;3-7,10,12-13H,8-9,11H2,1-2H3;1H4/t14-;13-,18?;/m11./s1. The second-order valence-corrected chi connectivity index (χ2v) is 12.3. The minimum Gasteiger partial charge on any atom is -0.446 e. The van der Waals surface area contributed by atoms with E-state index in [1.165, 1.54) is 26.2 Å². The van der Waals surface area contributed by atoms with Crippen LogP contribution in [0.4, 0.5) is 0 Å². The van der Waals surface area contributed by atoms with Crippen LogP contribution < -0.4 is 0 Å². The van der Waals surface area contributed by atoms with Crippen molar-refractivity contribution in [3.8, 4) is 0 Å². The van der Waals surface area contributed by atoms with Gasteiger partial charge in [0.25, 0.3) is 0 Å². The van der Waals surface area contributed by atoms with Crippen molar-refractivity contribution in [3.63, 3.8) is 0 Å². The van der Waals surface area contributed by atoms with E-state index in [0.29, 0.717) is 50.5 Å². The molecule has 0 aliphatic carbocycles. The zero-order valence-corrected chi connectivity index (χ0v) is 28.2.